The number of nitrogen functional groups attached to an aromatic ring is 1. The Labute approximate surface area is 115 Å². The van der Waals surface area contributed by atoms with Crippen molar-refractivity contribution in [1.82, 2.24) is 4.98 Å². The molecule has 0 aliphatic rings. The van der Waals surface area contributed by atoms with Crippen molar-refractivity contribution in [2.75, 3.05) is 5.73 Å². The van der Waals surface area contributed by atoms with E-state index >= 15 is 0 Å². The predicted molar refractivity (Wildman–Crippen MR) is 78.5 cm³/mol. The van der Waals surface area contributed by atoms with Crippen molar-refractivity contribution in [3.8, 4) is 22.8 Å². The van der Waals surface area contributed by atoms with E-state index in [2.05, 4.69) is 4.98 Å². The van der Waals surface area contributed by atoms with Gasteiger partial charge in [-0.25, -0.2) is 4.98 Å². The van der Waals surface area contributed by atoms with Crippen molar-refractivity contribution in [3.05, 3.63) is 60.1 Å². The zero-order chi connectivity index (χ0) is 13.1. The maximum atomic E-state index is 5.89. The summed E-state index contributed by atoms with van der Waals surface area (Å²) < 4.78 is 5.79. The van der Waals surface area contributed by atoms with E-state index in [1.165, 1.54) is 11.3 Å². The molecule has 0 saturated heterocycles. The topological polar surface area (TPSA) is 48.1 Å². The van der Waals surface area contributed by atoms with E-state index in [1.54, 1.807) is 5.51 Å². The molecule has 0 fully saturated rings. The molecule has 1 aromatic heterocycles. The standard InChI is InChI=1S/C15H12N2OS/c16-15-14(17-10-19-15)11-5-4-8-13(9-11)18-12-6-2-1-3-7-12/h1-10H,16H2. The van der Waals surface area contributed by atoms with Gasteiger partial charge in [0.05, 0.1) is 5.51 Å². The number of benzene rings is 2. The Morgan fingerprint density at radius 3 is 2.47 bits per heavy atom. The highest BCUT2D eigenvalue weighted by molar-refractivity contribution is 7.14. The van der Waals surface area contributed by atoms with Crippen LogP contribution in [0.4, 0.5) is 5.00 Å². The first-order valence-electron chi connectivity index (χ1n) is 5.85. The number of aromatic nitrogens is 1. The Morgan fingerprint density at radius 1 is 0.947 bits per heavy atom. The largest absolute Gasteiger partial charge is 0.457 e. The zero-order valence-electron chi connectivity index (χ0n) is 10.1. The fourth-order valence-corrected chi connectivity index (χ4v) is 2.36. The summed E-state index contributed by atoms with van der Waals surface area (Å²) in [5, 5.41) is 0.719. The molecule has 0 unspecified atom stereocenters. The third-order valence-corrected chi connectivity index (χ3v) is 3.34. The van der Waals surface area contributed by atoms with E-state index in [9.17, 15) is 0 Å². The van der Waals surface area contributed by atoms with Crippen LogP contribution in [0.3, 0.4) is 0 Å². The Hall–Kier alpha value is -2.33. The fourth-order valence-electron chi connectivity index (χ4n) is 1.80. The quantitative estimate of drug-likeness (QED) is 0.775. The molecule has 3 nitrogen and oxygen atoms in total. The van der Waals surface area contributed by atoms with Crippen LogP contribution < -0.4 is 10.5 Å². The Morgan fingerprint density at radius 2 is 1.74 bits per heavy atom. The smallest absolute Gasteiger partial charge is 0.128 e. The van der Waals surface area contributed by atoms with Gasteiger partial charge < -0.3 is 10.5 Å². The molecule has 4 heteroatoms. The average molecular weight is 268 g/mol. The molecule has 0 aliphatic carbocycles. The highest BCUT2D eigenvalue weighted by Gasteiger charge is 2.07. The molecule has 3 aromatic rings. The lowest BCUT2D eigenvalue weighted by molar-refractivity contribution is 0.483. The lowest BCUT2D eigenvalue weighted by Crippen LogP contribution is -1.88. The van der Waals surface area contributed by atoms with E-state index < -0.39 is 0 Å². The lowest BCUT2D eigenvalue weighted by Gasteiger charge is -2.07. The number of thiazole rings is 1. The van der Waals surface area contributed by atoms with E-state index in [4.69, 9.17) is 10.5 Å². The van der Waals surface area contributed by atoms with Crippen molar-refractivity contribution in [1.29, 1.82) is 0 Å². The van der Waals surface area contributed by atoms with Crippen molar-refractivity contribution in [2.24, 2.45) is 0 Å². The molecule has 0 amide bonds. The van der Waals surface area contributed by atoms with Crippen LogP contribution in [-0.2, 0) is 0 Å². The van der Waals surface area contributed by atoms with Crippen LogP contribution in [0.25, 0.3) is 11.3 Å². The van der Waals surface area contributed by atoms with Crippen LogP contribution in [0, 0.1) is 0 Å². The SMILES string of the molecule is Nc1scnc1-c1cccc(Oc2ccccc2)c1. The van der Waals surface area contributed by atoms with Crippen molar-refractivity contribution < 1.29 is 4.74 Å². The zero-order valence-corrected chi connectivity index (χ0v) is 10.9. The molecule has 0 spiro atoms. The summed E-state index contributed by atoms with van der Waals surface area (Å²) in [4.78, 5) is 4.27. The van der Waals surface area contributed by atoms with Crippen LogP contribution in [0.15, 0.2) is 60.1 Å². The summed E-state index contributed by atoms with van der Waals surface area (Å²) in [6.07, 6.45) is 0. The number of rotatable bonds is 3. The van der Waals surface area contributed by atoms with Gasteiger partial charge in [-0.1, -0.05) is 30.3 Å². The summed E-state index contributed by atoms with van der Waals surface area (Å²) in [6, 6.07) is 17.5. The molecule has 0 atom stereocenters. The van der Waals surface area contributed by atoms with Gasteiger partial charge in [-0.15, -0.1) is 11.3 Å². The molecule has 1 heterocycles. The summed E-state index contributed by atoms with van der Waals surface area (Å²) in [7, 11) is 0. The number of hydrogen-bond acceptors (Lipinski definition) is 4. The predicted octanol–water partition coefficient (Wildman–Crippen LogP) is 4.18. The fraction of sp³-hybridized carbons (Fsp3) is 0. The molecule has 0 saturated carbocycles. The van der Waals surface area contributed by atoms with Gasteiger partial charge in [0, 0.05) is 5.56 Å². The second-order valence-electron chi connectivity index (χ2n) is 4.01. The monoisotopic (exact) mass is 268 g/mol. The van der Waals surface area contributed by atoms with Crippen LogP contribution in [-0.4, -0.2) is 4.98 Å². The van der Waals surface area contributed by atoms with Crippen LogP contribution >= 0.6 is 11.3 Å². The summed E-state index contributed by atoms with van der Waals surface area (Å²) in [5.74, 6) is 1.59. The number of nitrogens with zero attached hydrogens (tertiary/aromatic N) is 1. The first kappa shape index (κ1) is 11.7. The minimum atomic E-state index is 0.719. The van der Waals surface area contributed by atoms with Crippen LogP contribution in [0.2, 0.25) is 0 Å². The maximum absolute atomic E-state index is 5.89. The van der Waals surface area contributed by atoms with Gasteiger partial charge in [-0.05, 0) is 24.3 Å². The Kier molecular flexibility index (Phi) is 3.16. The average Bonchev–Trinajstić information content (AvgIpc) is 2.86. The normalized spacial score (nSPS) is 10.3. The van der Waals surface area contributed by atoms with E-state index in [0.717, 1.165) is 27.8 Å². The Balaban J connectivity index is 1.91. The molecule has 2 N–H and O–H groups in total. The third kappa shape index (κ3) is 2.58. The Bertz CT molecular complexity index is 679. The summed E-state index contributed by atoms with van der Waals surface area (Å²) >= 11 is 1.43. The first-order chi connectivity index (χ1) is 9.33. The molecule has 19 heavy (non-hydrogen) atoms. The molecule has 0 bridgehead atoms. The highest BCUT2D eigenvalue weighted by Crippen LogP contribution is 2.31. The van der Waals surface area contributed by atoms with Gasteiger partial charge >= 0.3 is 0 Å². The van der Waals surface area contributed by atoms with Crippen molar-refractivity contribution in [3.63, 3.8) is 0 Å². The molecule has 0 radical (unpaired) electrons. The van der Waals surface area contributed by atoms with E-state index in [0.29, 0.717) is 0 Å². The van der Waals surface area contributed by atoms with Gasteiger partial charge in [0.2, 0.25) is 0 Å². The van der Waals surface area contributed by atoms with E-state index in [-0.39, 0.29) is 0 Å². The third-order valence-electron chi connectivity index (χ3n) is 2.68. The van der Waals surface area contributed by atoms with Gasteiger partial charge in [0.15, 0.2) is 0 Å². The molecular formula is C15H12N2OS. The van der Waals surface area contributed by atoms with Gasteiger partial charge in [0.1, 0.15) is 22.2 Å². The molecule has 3 rings (SSSR count). The molecule has 2 aromatic carbocycles. The molecular weight excluding hydrogens is 256 g/mol. The number of hydrogen-bond donors (Lipinski definition) is 1. The summed E-state index contributed by atoms with van der Waals surface area (Å²) in [6.45, 7) is 0. The molecule has 94 valence electrons. The number of nitrogens with two attached hydrogens (primary N) is 1. The second kappa shape index (κ2) is 5.12. The number of para-hydroxylation sites is 1. The van der Waals surface area contributed by atoms with Gasteiger partial charge in [-0.2, -0.15) is 0 Å². The first-order valence-corrected chi connectivity index (χ1v) is 6.73. The minimum absolute atomic E-state index is 0.719. The molecule has 0 aliphatic heterocycles. The summed E-state index contributed by atoms with van der Waals surface area (Å²) in [5.41, 5.74) is 9.41. The number of anilines is 1. The lowest BCUT2D eigenvalue weighted by atomic mass is 10.1. The van der Waals surface area contributed by atoms with Crippen molar-refractivity contribution in [2.45, 2.75) is 0 Å². The van der Waals surface area contributed by atoms with Gasteiger partial charge in [-0.3, -0.25) is 0 Å². The maximum Gasteiger partial charge on any atom is 0.128 e. The highest BCUT2D eigenvalue weighted by atomic mass is 32.1. The minimum Gasteiger partial charge on any atom is -0.457 e. The van der Waals surface area contributed by atoms with E-state index in [1.807, 2.05) is 54.6 Å². The van der Waals surface area contributed by atoms with Crippen LogP contribution in [0.5, 0.6) is 11.5 Å². The van der Waals surface area contributed by atoms with Gasteiger partial charge in [0.25, 0.3) is 0 Å². The number of ether oxygens (including phenoxy) is 1. The second-order valence-corrected chi connectivity index (χ2v) is 4.89. The van der Waals surface area contributed by atoms with Crippen molar-refractivity contribution >= 4 is 16.3 Å². The van der Waals surface area contributed by atoms with Crippen LogP contribution in [0.1, 0.15) is 0 Å².